The van der Waals surface area contributed by atoms with Crippen molar-refractivity contribution in [3.63, 3.8) is 0 Å². The molecule has 4 rings (SSSR count). The Morgan fingerprint density at radius 3 is 2.66 bits per heavy atom. The molecule has 0 N–H and O–H groups in total. The normalized spacial score (nSPS) is 14.5. The minimum Gasteiger partial charge on any atom is -0.493 e. The topological polar surface area (TPSA) is 112 Å². The first-order valence-electron chi connectivity index (χ1n) is 10.2. The third kappa shape index (κ3) is 5.52. The van der Waals surface area contributed by atoms with E-state index in [9.17, 15) is 19.7 Å². The van der Waals surface area contributed by atoms with Crippen LogP contribution >= 0.6 is 27.7 Å². The zero-order valence-electron chi connectivity index (χ0n) is 18.3. The average molecular weight is 556 g/mol. The van der Waals surface area contributed by atoms with E-state index in [0.717, 1.165) is 22.4 Å². The zero-order chi connectivity index (χ0) is 24.9. The van der Waals surface area contributed by atoms with E-state index in [-0.39, 0.29) is 29.3 Å². The number of carbonyl (C=O) groups excluding carboxylic acids is 2. The second-order valence-corrected chi connectivity index (χ2v) is 9.15. The lowest BCUT2D eigenvalue weighted by Crippen LogP contribution is -2.27. The number of carbonyl (C=O) groups is 2. The highest BCUT2D eigenvalue weighted by Crippen LogP contribution is 2.40. The molecule has 0 atom stereocenters. The lowest BCUT2D eigenvalue weighted by atomic mass is 10.1. The Kier molecular flexibility index (Phi) is 7.47. The number of rotatable bonds is 8. The first kappa shape index (κ1) is 24.4. The molecule has 0 unspecified atom stereocenters. The number of nitrogens with zero attached hydrogens (tertiary/aromatic N) is 3. The summed E-state index contributed by atoms with van der Waals surface area (Å²) in [7, 11) is 1.50. The number of benzene rings is 2. The Morgan fingerprint density at radius 1 is 1.17 bits per heavy atom. The lowest BCUT2D eigenvalue weighted by molar-refractivity contribution is -0.385. The molecule has 1 aliphatic heterocycles. The van der Waals surface area contributed by atoms with Gasteiger partial charge >= 0.3 is 0 Å². The van der Waals surface area contributed by atoms with Crippen LogP contribution in [0.1, 0.15) is 16.8 Å². The van der Waals surface area contributed by atoms with E-state index in [1.807, 2.05) is 18.2 Å². The van der Waals surface area contributed by atoms with Crippen molar-refractivity contribution in [2.45, 2.75) is 13.2 Å². The number of aromatic nitrogens is 1. The summed E-state index contributed by atoms with van der Waals surface area (Å²) in [6.45, 7) is 0.0478. The minimum atomic E-state index is -0.536. The summed E-state index contributed by atoms with van der Waals surface area (Å²) in [5.74, 6) is 0.379. The number of halogens is 1. The van der Waals surface area contributed by atoms with E-state index in [1.165, 1.54) is 25.3 Å². The Hall–Kier alpha value is -3.70. The smallest absolute Gasteiger partial charge is 0.293 e. The Bertz CT molecular complexity index is 1330. The van der Waals surface area contributed by atoms with Gasteiger partial charge < -0.3 is 9.47 Å². The molecule has 0 bridgehead atoms. The third-order valence-corrected chi connectivity index (χ3v) is 6.53. The van der Waals surface area contributed by atoms with E-state index < -0.39 is 16.1 Å². The zero-order valence-corrected chi connectivity index (χ0v) is 20.7. The molecule has 0 aliphatic carbocycles. The lowest BCUT2D eigenvalue weighted by Gasteiger charge is -2.14. The molecule has 1 saturated heterocycles. The van der Waals surface area contributed by atoms with Gasteiger partial charge in [0, 0.05) is 17.8 Å². The molecule has 11 heteroatoms. The van der Waals surface area contributed by atoms with Crippen LogP contribution in [0.5, 0.6) is 11.5 Å². The van der Waals surface area contributed by atoms with Gasteiger partial charge in [0.2, 0.25) is 0 Å². The van der Waals surface area contributed by atoms with E-state index in [4.69, 9.17) is 9.47 Å². The predicted octanol–water partition coefficient (Wildman–Crippen LogP) is 5.58. The number of imide groups is 1. The molecule has 0 radical (unpaired) electrons. The van der Waals surface area contributed by atoms with Crippen molar-refractivity contribution in [1.29, 1.82) is 0 Å². The molecule has 1 aliphatic rings. The molecule has 2 amide bonds. The molecule has 3 aromatic rings. The summed E-state index contributed by atoms with van der Waals surface area (Å²) >= 11 is 4.25. The van der Waals surface area contributed by atoms with Crippen LogP contribution in [0.3, 0.4) is 0 Å². The summed E-state index contributed by atoms with van der Waals surface area (Å²) in [5.41, 5.74) is 1.48. The molecule has 2 aromatic carbocycles. The van der Waals surface area contributed by atoms with Gasteiger partial charge in [-0.05, 0) is 63.6 Å². The van der Waals surface area contributed by atoms with Crippen LogP contribution in [0.2, 0.25) is 0 Å². The molecular weight excluding hydrogens is 538 g/mol. The molecule has 35 heavy (non-hydrogen) atoms. The van der Waals surface area contributed by atoms with Crippen LogP contribution in [-0.4, -0.2) is 33.1 Å². The molecule has 178 valence electrons. The summed E-state index contributed by atoms with van der Waals surface area (Å²) in [6.07, 6.45) is 3.25. The Morgan fingerprint density at radius 2 is 1.94 bits per heavy atom. The molecular formula is C24H18BrN3O6S. The number of ether oxygens (including phenoxy) is 2. The maximum atomic E-state index is 12.9. The van der Waals surface area contributed by atoms with Gasteiger partial charge in [-0.3, -0.25) is 29.6 Å². The number of nitro benzene ring substituents is 1. The number of methoxy groups -OCH3 is 1. The Labute approximate surface area is 213 Å². The van der Waals surface area contributed by atoms with E-state index in [1.54, 1.807) is 30.5 Å². The fourth-order valence-corrected chi connectivity index (χ4v) is 4.79. The van der Waals surface area contributed by atoms with Crippen LogP contribution in [0.15, 0.2) is 70.2 Å². The predicted molar refractivity (Wildman–Crippen MR) is 134 cm³/mol. The second-order valence-electron chi connectivity index (χ2n) is 7.30. The summed E-state index contributed by atoms with van der Waals surface area (Å²) in [5, 5.41) is 10.8. The monoisotopic (exact) mass is 555 g/mol. The maximum Gasteiger partial charge on any atom is 0.293 e. The van der Waals surface area contributed by atoms with Crippen LogP contribution < -0.4 is 9.47 Å². The standard InChI is InChI=1S/C24H18BrN3O6S/c1-33-20-11-15(10-18(25)22(20)34-14-17-7-4-5-9-26-17)12-21-23(29)27(24(30)35-21)13-16-6-2-3-8-19(16)28(31)32/h2-12H,13-14H2,1H3/b21-12+. The largest absolute Gasteiger partial charge is 0.493 e. The Balaban J connectivity index is 1.55. The number of pyridine rings is 1. The number of hydrogen-bond donors (Lipinski definition) is 0. The number of hydrogen-bond acceptors (Lipinski definition) is 8. The van der Waals surface area contributed by atoms with Crippen molar-refractivity contribution >= 4 is 50.6 Å². The van der Waals surface area contributed by atoms with Gasteiger partial charge in [0.1, 0.15) is 6.61 Å². The van der Waals surface area contributed by atoms with Crippen LogP contribution in [0.4, 0.5) is 10.5 Å². The van der Waals surface area contributed by atoms with Gasteiger partial charge in [0.05, 0.1) is 33.6 Å². The fraction of sp³-hybridized carbons (Fsp3) is 0.125. The van der Waals surface area contributed by atoms with Gasteiger partial charge in [0.15, 0.2) is 11.5 Å². The highest BCUT2D eigenvalue weighted by molar-refractivity contribution is 9.10. The highest BCUT2D eigenvalue weighted by Gasteiger charge is 2.36. The minimum absolute atomic E-state index is 0.148. The highest BCUT2D eigenvalue weighted by atomic mass is 79.9. The van der Waals surface area contributed by atoms with Gasteiger partial charge in [-0.25, -0.2) is 0 Å². The van der Waals surface area contributed by atoms with Crippen LogP contribution in [0.25, 0.3) is 6.08 Å². The quantitative estimate of drug-likeness (QED) is 0.201. The van der Waals surface area contributed by atoms with Crippen molar-refractivity contribution in [2.75, 3.05) is 7.11 Å². The second kappa shape index (κ2) is 10.7. The van der Waals surface area contributed by atoms with Crippen LogP contribution in [-0.2, 0) is 17.9 Å². The van der Waals surface area contributed by atoms with Crippen molar-refractivity contribution in [2.24, 2.45) is 0 Å². The van der Waals surface area contributed by atoms with Gasteiger partial charge in [0.25, 0.3) is 16.8 Å². The number of nitro groups is 1. The summed E-state index contributed by atoms with van der Waals surface area (Å²) < 4.78 is 11.9. The van der Waals surface area contributed by atoms with Crippen LogP contribution in [0, 0.1) is 10.1 Å². The molecule has 1 aromatic heterocycles. The van der Waals surface area contributed by atoms with E-state index in [2.05, 4.69) is 20.9 Å². The molecule has 0 saturated carbocycles. The number of thioether (sulfide) groups is 1. The SMILES string of the molecule is COc1cc(/C=C2/SC(=O)N(Cc3ccccc3[N+](=O)[O-])C2=O)cc(Br)c1OCc1ccccn1. The van der Waals surface area contributed by atoms with Gasteiger partial charge in [-0.1, -0.05) is 24.3 Å². The average Bonchev–Trinajstić information content (AvgIpc) is 3.11. The van der Waals surface area contributed by atoms with Gasteiger partial charge in [-0.2, -0.15) is 0 Å². The number of para-hydroxylation sites is 1. The van der Waals surface area contributed by atoms with Crippen molar-refractivity contribution in [3.8, 4) is 11.5 Å². The maximum absolute atomic E-state index is 12.9. The fourth-order valence-electron chi connectivity index (χ4n) is 3.37. The van der Waals surface area contributed by atoms with Crippen molar-refractivity contribution in [1.82, 2.24) is 9.88 Å². The molecule has 1 fully saturated rings. The molecule has 0 spiro atoms. The molecule has 2 heterocycles. The van der Waals surface area contributed by atoms with E-state index >= 15 is 0 Å². The van der Waals surface area contributed by atoms with Gasteiger partial charge in [-0.15, -0.1) is 0 Å². The van der Waals surface area contributed by atoms with E-state index in [0.29, 0.717) is 21.5 Å². The number of amides is 2. The first-order valence-corrected chi connectivity index (χ1v) is 11.9. The first-order chi connectivity index (χ1) is 16.9. The van der Waals surface area contributed by atoms with Crippen molar-refractivity contribution in [3.05, 3.63) is 97.1 Å². The van der Waals surface area contributed by atoms with Crippen molar-refractivity contribution < 1.29 is 24.0 Å². The summed E-state index contributed by atoms with van der Waals surface area (Å²) in [4.78, 5) is 41.6. The summed E-state index contributed by atoms with van der Waals surface area (Å²) in [6, 6.07) is 15.0. The third-order valence-electron chi connectivity index (χ3n) is 5.03. The molecule has 9 nitrogen and oxygen atoms in total.